The highest BCUT2D eigenvalue weighted by atomic mass is 16.6. The van der Waals surface area contributed by atoms with E-state index in [1.165, 1.54) is 0 Å². The fraction of sp³-hybridized carbons (Fsp3) is 0.714. The van der Waals surface area contributed by atoms with Crippen LogP contribution in [0.5, 0.6) is 0 Å². The van der Waals surface area contributed by atoms with Gasteiger partial charge in [0.1, 0.15) is 0 Å². The zero-order valence-corrected chi connectivity index (χ0v) is 16.3. The standard InChI is InChI=1S/C21H34O4/c1-7-21(23)15(4)20(14(3)19(25-21)13(2)16(5)22)24-17(6)18-11-9-8-10-12-18/h8-17,19-20,22-23H,7H2,1-6H3/t13-,14+,15-,16+,17-,19+,20-,21-/m0/s1. The Labute approximate surface area is 152 Å². The third-order valence-corrected chi connectivity index (χ3v) is 6.00. The van der Waals surface area contributed by atoms with Gasteiger partial charge in [0.2, 0.25) is 0 Å². The highest BCUT2D eigenvalue weighted by Gasteiger charge is 2.52. The molecule has 142 valence electrons. The largest absolute Gasteiger partial charge is 0.393 e. The molecule has 0 bridgehead atoms. The van der Waals surface area contributed by atoms with E-state index in [2.05, 4.69) is 19.1 Å². The molecule has 1 aromatic rings. The van der Waals surface area contributed by atoms with E-state index in [1.54, 1.807) is 6.92 Å². The summed E-state index contributed by atoms with van der Waals surface area (Å²) in [7, 11) is 0. The Kier molecular flexibility index (Phi) is 6.66. The average Bonchev–Trinajstić information content (AvgIpc) is 2.61. The van der Waals surface area contributed by atoms with Crippen molar-refractivity contribution >= 4 is 0 Å². The van der Waals surface area contributed by atoms with Crippen LogP contribution < -0.4 is 0 Å². The molecule has 0 aromatic heterocycles. The molecule has 1 saturated heterocycles. The van der Waals surface area contributed by atoms with Crippen molar-refractivity contribution < 1.29 is 19.7 Å². The van der Waals surface area contributed by atoms with E-state index in [0.717, 1.165) is 5.56 Å². The summed E-state index contributed by atoms with van der Waals surface area (Å²) in [5.41, 5.74) is 1.12. The van der Waals surface area contributed by atoms with Crippen molar-refractivity contribution in [2.75, 3.05) is 0 Å². The monoisotopic (exact) mass is 350 g/mol. The van der Waals surface area contributed by atoms with Crippen LogP contribution in [0.4, 0.5) is 0 Å². The van der Waals surface area contributed by atoms with Crippen molar-refractivity contribution in [3.8, 4) is 0 Å². The van der Waals surface area contributed by atoms with Crippen molar-refractivity contribution in [2.45, 2.75) is 78.2 Å². The summed E-state index contributed by atoms with van der Waals surface area (Å²) in [6, 6.07) is 10.1. The van der Waals surface area contributed by atoms with Gasteiger partial charge in [0.15, 0.2) is 5.79 Å². The molecule has 4 heteroatoms. The molecule has 1 heterocycles. The third-order valence-electron chi connectivity index (χ3n) is 6.00. The molecule has 4 nitrogen and oxygen atoms in total. The number of hydrogen-bond acceptors (Lipinski definition) is 4. The van der Waals surface area contributed by atoms with Gasteiger partial charge in [-0.15, -0.1) is 0 Å². The molecular formula is C21H34O4. The Bertz CT molecular complexity index is 532. The average molecular weight is 350 g/mol. The van der Waals surface area contributed by atoms with Gasteiger partial charge in [-0.2, -0.15) is 0 Å². The molecule has 2 rings (SSSR count). The Morgan fingerprint density at radius 2 is 1.76 bits per heavy atom. The van der Waals surface area contributed by atoms with Crippen molar-refractivity contribution in [1.29, 1.82) is 0 Å². The van der Waals surface area contributed by atoms with Gasteiger partial charge < -0.3 is 19.7 Å². The maximum Gasteiger partial charge on any atom is 0.170 e. The normalized spacial score (nSPS) is 36.6. The highest BCUT2D eigenvalue weighted by Crippen LogP contribution is 2.43. The molecular weight excluding hydrogens is 316 g/mol. The van der Waals surface area contributed by atoms with Crippen LogP contribution in [0.3, 0.4) is 0 Å². The smallest absolute Gasteiger partial charge is 0.170 e. The molecule has 0 unspecified atom stereocenters. The minimum atomic E-state index is -1.23. The van der Waals surface area contributed by atoms with E-state index in [0.29, 0.717) is 6.42 Å². The molecule has 0 radical (unpaired) electrons. The van der Waals surface area contributed by atoms with E-state index < -0.39 is 11.9 Å². The molecule has 1 aliphatic heterocycles. The van der Waals surface area contributed by atoms with Gasteiger partial charge in [-0.1, -0.05) is 58.0 Å². The van der Waals surface area contributed by atoms with E-state index in [9.17, 15) is 10.2 Å². The van der Waals surface area contributed by atoms with E-state index in [4.69, 9.17) is 9.47 Å². The zero-order chi connectivity index (χ0) is 18.8. The van der Waals surface area contributed by atoms with Crippen molar-refractivity contribution in [3.05, 3.63) is 35.9 Å². The summed E-state index contributed by atoms with van der Waals surface area (Å²) in [6.07, 6.45) is -0.495. The fourth-order valence-electron chi connectivity index (χ4n) is 3.90. The molecule has 0 spiro atoms. The van der Waals surface area contributed by atoms with Gasteiger partial charge in [-0.25, -0.2) is 0 Å². The summed E-state index contributed by atoms with van der Waals surface area (Å²) >= 11 is 0. The lowest BCUT2D eigenvalue weighted by Gasteiger charge is -2.51. The predicted molar refractivity (Wildman–Crippen MR) is 99.0 cm³/mol. The summed E-state index contributed by atoms with van der Waals surface area (Å²) in [5.74, 6) is -1.41. The Balaban J connectivity index is 2.26. The van der Waals surface area contributed by atoms with Crippen LogP contribution in [0.25, 0.3) is 0 Å². The molecule has 8 atom stereocenters. The molecule has 0 aliphatic carbocycles. The molecule has 1 fully saturated rings. The number of ether oxygens (including phenoxy) is 2. The van der Waals surface area contributed by atoms with Gasteiger partial charge in [0, 0.05) is 17.8 Å². The summed E-state index contributed by atoms with van der Waals surface area (Å²) < 4.78 is 12.5. The second-order valence-electron chi connectivity index (χ2n) is 7.68. The maximum absolute atomic E-state index is 11.0. The van der Waals surface area contributed by atoms with Crippen LogP contribution in [0.2, 0.25) is 0 Å². The number of rotatable bonds is 6. The number of hydrogen-bond donors (Lipinski definition) is 2. The minimum Gasteiger partial charge on any atom is -0.393 e. The zero-order valence-electron chi connectivity index (χ0n) is 16.3. The first-order valence-corrected chi connectivity index (χ1v) is 9.50. The third kappa shape index (κ3) is 4.25. The summed E-state index contributed by atoms with van der Waals surface area (Å²) in [6.45, 7) is 11.8. The quantitative estimate of drug-likeness (QED) is 0.816. The molecule has 0 amide bonds. The topological polar surface area (TPSA) is 58.9 Å². The SMILES string of the molecule is CC[C@]1(O)O[C@H]([C@@H](C)[C@@H](C)O)[C@@H](C)[C@H](O[C@@H](C)c2ccccc2)[C@@H]1C. The van der Waals surface area contributed by atoms with Crippen LogP contribution in [0.1, 0.15) is 59.6 Å². The fourth-order valence-corrected chi connectivity index (χ4v) is 3.90. The number of aliphatic hydroxyl groups is 2. The highest BCUT2D eigenvalue weighted by molar-refractivity contribution is 5.17. The number of aliphatic hydroxyl groups excluding tert-OH is 1. The van der Waals surface area contributed by atoms with Crippen molar-refractivity contribution in [2.24, 2.45) is 17.8 Å². The van der Waals surface area contributed by atoms with Crippen molar-refractivity contribution in [3.63, 3.8) is 0 Å². The van der Waals surface area contributed by atoms with Gasteiger partial charge >= 0.3 is 0 Å². The lowest BCUT2D eigenvalue weighted by Crippen LogP contribution is -2.60. The van der Waals surface area contributed by atoms with Crippen LogP contribution >= 0.6 is 0 Å². The predicted octanol–water partition coefficient (Wildman–Crippen LogP) is 3.92. The Hall–Kier alpha value is -0.940. The van der Waals surface area contributed by atoms with Gasteiger partial charge in [0.05, 0.1) is 24.4 Å². The Morgan fingerprint density at radius 3 is 2.28 bits per heavy atom. The van der Waals surface area contributed by atoms with Crippen LogP contribution in [0, 0.1) is 17.8 Å². The van der Waals surface area contributed by atoms with Crippen LogP contribution in [-0.4, -0.2) is 34.3 Å². The summed E-state index contributed by atoms with van der Waals surface area (Å²) in [5, 5.41) is 21.1. The van der Waals surface area contributed by atoms with Gasteiger partial charge in [0.25, 0.3) is 0 Å². The van der Waals surface area contributed by atoms with E-state index >= 15 is 0 Å². The van der Waals surface area contributed by atoms with Crippen LogP contribution in [-0.2, 0) is 9.47 Å². The first kappa shape index (κ1) is 20.4. The van der Waals surface area contributed by atoms with E-state index in [-0.39, 0.29) is 36.1 Å². The summed E-state index contributed by atoms with van der Waals surface area (Å²) in [4.78, 5) is 0. The van der Waals surface area contributed by atoms with Crippen molar-refractivity contribution in [1.82, 2.24) is 0 Å². The minimum absolute atomic E-state index is 0.0672. The lowest BCUT2D eigenvalue weighted by molar-refractivity contribution is -0.337. The molecule has 0 saturated carbocycles. The molecule has 1 aliphatic rings. The molecule has 25 heavy (non-hydrogen) atoms. The first-order valence-electron chi connectivity index (χ1n) is 9.50. The van der Waals surface area contributed by atoms with E-state index in [1.807, 2.05) is 45.9 Å². The number of benzene rings is 1. The maximum atomic E-state index is 11.0. The van der Waals surface area contributed by atoms with Gasteiger partial charge in [-0.3, -0.25) is 0 Å². The Morgan fingerprint density at radius 1 is 1.16 bits per heavy atom. The molecule has 1 aromatic carbocycles. The van der Waals surface area contributed by atoms with Gasteiger partial charge in [-0.05, 0) is 25.8 Å². The second kappa shape index (κ2) is 8.17. The second-order valence-corrected chi connectivity index (χ2v) is 7.68. The first-order chi connectivity index (χ1) is 11.7. The van der Waals surface area contributed by atoms with Crippen LogP contribution in [0.15, 0.2) is 30.3 Å². The molecule has 2 N–H and O–H groups in total. The lowest BCUT2D eigenvalue weighted by atomic mass is 9.75.